The van der Waals surface area contributed by atoms with Gasteiger partial charge in [-0.15, -0.1) is 0 Å². The highest BCUT2D eigenvalue weighted by atomic mass is 16.5. The summed E-state index contributed by atoms with van der Waals surface area (Å²) in [6, 6.07) is 10.2. The second-order valence-electron chi connectivity index (χ2n) is 8.46. The van der Waals surface area contributed by atoms with Gasteiger partial charge in [0.05, 0.1) is 25.5 Å². The van der Waals surface area contributed by atoms with E-state index < -0.39 is 0 Å². The number of aryl methyl sites for hydroxylation is 1. The van der Waals surface area contributed by atoms with Crippen molar-refractivity contribution in [2.75, 3.05) is 39.4 Å². The molecular formula is C23H32N4O3. The molecule has 1 atom stereocenters. The summed E-state index contributed by atoms with van der Waals surface area (Å²) in [5.74, 6) is 0.707. The molecule has 7 heteroatoms. The van der Waals surface area contributed by atoms with Gasteiger partial charge in [-0.25, -0.2) is 0 Å². The summed E-state index contributed by atoms with van der Waals surface area (Å²) >= 11 is 0. The number of carbonyl (C=O) groups is 1. The molecule has 2 aliphatic heterocycles. The van der Waals surface area contributed by atoms with Crippen LogP contribution in [0.15, 0.2) is 42.7 Å². The molecule has 7 nitrogen and oxygen atoms in total. The SMILES string of the molecule is Cn1cc(CN2CC(=O)N(CC3CCOCC3)C[C@@H](OCc3ccccc3)C2)cn1. The molecule has 1 aromatic heterocycles. The van der Waals surface area contributed by atoms with Crippen molar-refractivity contribution in [2.24, 2.45) is 13.0 Å². The maximum absolute atomic E-state index is 13.1. The van der Waals surface area contributed by atoms with Crippen LogP contribution in [0.1, 0.15) is 24.0 Å². The molecule has 0 unspecified atom stereocenters. The highest BCUT2D eigenvalue weighted by molar-refractivity contribution is 5.78. The van der Waals surface area contributed by atoms with Crippen molar-refractivity contribution in [3.63, 3.8) is 0 Å². The van der Waals surface area contributed by atoms with Gasteiger partial charge in [0, 0.05) is 58.2 Å². The van der Waals surface area contributed by atoms with E-state index in [0.717, 1.165) is 50.3 Å². The predicted octanol–water partition coefficient (Wildman–Crippen LogP) is 2.08. The van der Waals surface area contributed by atoms with Crippen molar-refractivity contribution in [2.45, 2.75) is 32.1 Å². The third-order valence-corrected chi connectivity index (χ3v) is 5.91. The molecule has 30 heavy (non-hydrogen) atoms. The minimum Gasteiger partial charge on any atom is -0.381 e. The summed E-state index contributed by atoms with van der Waals surface area (Å²) in [7, 11) is 1.92. The van der Waals surface area contributed by atoms with E-state index in [2.05, 4.69) is 22.1 Å². The van der Waals surface area contributed by atoms with Crippen LogP contribution in [-0.4, -0.2) is 71.0 Å². The van der Waals surface area contributed by atoms with Crippen LogP contribution < -0.4 is 0 Å². The third-order valence-electron chi connectivity index (χ3n) is 5.91. The zero-order valence-electron chi connectivity index (χ0n) is 17.8. The number of hydrogen-bond donors (Lipinski definition) is 0. The van der Waals surface area contributed by atoms with Gasteiger partial charge < -0.3 is 14.4 Å². The topological polar surface area (TPSA) is 59.8 Å². The molecule has 0 spiro atoms. The van der Waals surface area contributed by atoms with Gasteiger partial charge in [0.15, 0.2) is 0 Å². The zero-order chi connectivity index (χ0) is 20.8. The van der Waals surface area contributed by atoms with Crippen molar-refractivity contribution in [3.8, 4) is 0 Å². The molecule has 4 rings (SSSR count). The number of carbonyl (C=O) groups excluding carboxylic acids is 1. The van der Waals surface area contributed by atoms with E-state index in [4.69, 9.17) is 9.47 Å². The molecule has 0 aliphatic carbocycles. The Hall–Kier alpha value is -2.22. The fourth-order valence-electron chi connectivity index (χ4n) is 4.29. The lowest BCUT2D eigenvalue weighted by molar-refractivity contribution is -0.133. The molecule has 2 fully saturated rings. The zero-order valence-corrected chi connectivity index (χ0v) is 17.8. The Kier molecular flexibility index (Phi) is 7.15. The van der Waals surface area contributed by atoms with E-state index in [1.54, 1.807) is 4.68 Å². The van der Waals surface area contributed by atoms with E-state index in [9.17, 15) is 4.79 Å². The normalized spacial score (nSPS) is 21.7. The minimum atomic E-state index is -0.0202. The Morgan fingerprint density at radius 2 is 1.93 bits per heavy atom. The molecule has 2 aromatic rings. The smallest absolute Gasteiger partial charge is 0.236 e. The second kappa shape index (κ2) is 10.2. The van der Waals surface area contributed by atoms with Crippen molar-refractivity contribution in [1.82, 2.24) is 19.6 Å². The van der Waals surface area contributed by atoms with Crippen LogP contribution in [0.4, 0.5) is 0 Å². The lowest BCUT2D eigenvalue weighted by atomic mass is 9.99. The van der Waals surface area contributed by atoms with E-state index in [-0.39, 0.29) is 12.0 Å². The van der Waals surface area contributed by atoms with Crippen LogP contribution in [-0.2, 0) is 34.5 Å². The lowest BCUT2D eigenvalue weighted by Gasteiger charge is -2.30. The first-order valence-electron chi connectivity index (χ1n) is 10.9. The number of hydrogen-bond acceptors (Lipinski definition) is 5. The Morgan fingerprint density at radius 1 is 1.13 bits per heavy atom. The van der Waals surface area contributed by atoms with Crippen LogP contribution in [0.25, 0.3) is 0 Å². The monoisotopic (exact) mass is 412 g/mol. The summed E-state index contributed by atoms with van der Waals surface area (Å²) in [6.07, 6.45) is 5.91. The maximum atomic E-state index is 13.1. The summed E-state index contributed by atoms with van der Waals surface area (Å²) in [5.41, 5.74) is 2.27. The molecule has 0 N–H and O–H groups in total. The van der Waals surface area contributed by atoms with Gasteiger partial charge in [-0.3, -0.25) is 14.4 Å². The summed E-state index contributed by atoms with van der Waals surface area (Å²) in [5, 5.41) is 4.26. The summed E-state index contributed by atoms with van der Waals surface area (Å²) < 4.78 is 13.6. The van der Waals surface area contributed by atoms with Gasteiger partial charge in [-0.05, 0) is 24.3 Å². The number of ether oxygens (including phenoxy) is 2. The molecule has 162 valence electrons. The van der Waals surface area contributed by atoms with E-state index in [0.29, 0.717) is 32.2 Å². The summed E-state index contributed by atoms with van der Waals surface area (Å²) in [4.78, 5) is 17.3. The van der Waals surface area contributed by atoms with Gasteiger partial charge in [-0.1, -0.05) is 30.3 Å². The number of nitrogens with zero attached hydrogens (tertiary/aromatic N) is 4. The van der Waals surface area contributed by atoms with Crippen molar-refractivity contribution >= 4 is 5.91 Å². The van der Waals surface area contributed by atoms with Gasteiger partial charge in [-0.2, -0.15) is 5.10 Å². The van der Waals surface area contributed by atoms with Gasteiger partial charge in [0.1, 0.15) is 0 Å². The van der Waals surface area contributed by atoms with Crippen LogP contribution in [0.2, 0.25) is 0 Å². The molecule has 2 aliphatic rings. The van der Waals surface area contributed by atoms with E-state index in [1.807, 2.05) is 42.5 Å². The minimum absolute atomic E-state index is 0.0202. The number of benzene rings is 1. The third kappa shape index (κ3) is 5.90. The van der Waals surface area contributed by atoms with Crippen LogP contribution >= 0.6 is 0 Å². The first-order valence-corrected chi connectivity index (χ1v) is 10.9. The van der Waals surface area contributed by atoms with Gasteiger partial charge >= 0.3 is 0 Å². The Balaban J connectivity index is 1.43. The van der Waals surface area contributed by atoms with Crippen LogP contribution in [0.5, 0.6) is 0 Å². The molecule has 0 bridgehead atoms. The average molecular weight is 413 g/mol. The molecule has 2 saturated heterocycles. The molecule has 0 saturated carbocycles. The average Bonchev–Trinajstić information content (AvgIpc) is 3.10. The Morgan fingerprint density at radius 3 is 2.67 bits per heavy atom. The highest BCUT2D eigenvalue weighted by Crippen LogP contribution is 2.19. The van der Waals surface area contributed by atoms with Gasteiger partial charge in [0.2, 0.25) is 5.91 Å². The molecule has 0 radical (unpaired) electrons. The standard InChI is InChI=1S/C23H32N4O3/c1-25-12-21(11-24-25)13-26-15-22(30-18-20-5-3-2-4-6-20)16-27(23(28)17-26)14-19-7-9-29-10-8-19/h2-6,11-12,19,22H,7-10,13-18H2,1H3/t22-/m0/s1. The second-order valence-corrected chi connectivity index (χ2v) is 8.46. The van der Waals surface area contributed by atoms with Crippen molar-refractivity contribution < 1.29 is 14.3 Å². The largest absolute Gasteiger partial charge is 0.381 e. The van der Waals surface area contributed by atoms with Crippen molar-refractivity contribution in [1.29, 1.82) is 0 Å². The molecule has 1 amide bonds. The first-order chi connectivity index (χ1) is 14.7. The number of rotatable bonds is 7. The van der Waals surface area contributed by atoms with Gasteiger partial charge in [0.25, 0.3) is 0 Å². The molecule has 1 aromatic carbocycles. The Labute approximate surface area is 178 Å². The van der Waals surface area contributed by atoms with E-state index >= 15 is 0 Å². The van der Waals surface area contributed by atoms with E-state index in [1.165, 1.54) is 0 Å². The quantitative estimate of drug-likeness (QED) is 0.697. The maximum Gasteiger partial charge on any atom is 0.236 e. The molecular weight excluding hydrogens is 380 g/mol. The molecule has 3 heterocycles. The predicted molar refractivity (Wildman–Crippen MR) is 114 cm³/mol. The first kappa shape index (κ1) is 21.0. The number of amides is 1. The summed E-state index contributed by atoms with van der Waals surface area (Å²) in [6.45, 7) is 5.46. The van der Waals surface area contributed by atoms with Crippen LogP contribution in [0.3, 0.4) is 0 Å². The van der Waals surface area contributed by atoms with Crippen LogP contribution in [0, 0.1) is 5.92 Å². The fourth-order valence-corrected chi connectivity index (χ4v) is 4.29. The number of aromatic nitrogens is 2. The lowest BCUT2D eigenvalue weighted by Crippen LogP contribution is -2.42. The Bertz CT molecular complexity index is 804. The highest BCUT2D eigenvalue weighted by Gasteiger charge is 2.30. The van der Waals surface area contributed by atoms with Crippen molar-refractivity contribution in [3.05, 3.63) is 53.9 Å². The fraction of sp³-hybridized carbons (Fsp3) is 0.565.